The van der Waals surface area contributed by atoms with Gasteiger partial charge in [-0.15, -0.1) is 0 Å². The molecule has 1 aliphatic carbocycles. The smallest absolute Gasteiger partial charge is 0.132 e. The number of hydrogen-bond donors (Lipinski definition) is 1. The molecular formula is C10H14N2O. The number of aromatic nitrogens is 1. The van der Waals surface area contributed by atoms with Gasteiger partial charge in [0.2, 0.25) is 0 Å². The van der Waals surface area contributed by atoms with Crippen LogP contribution >= 0.6 is 0 Å². The SMILES string of the molecule is CNc1nccc(OC2CC2)c1C. The standard InChI is InChI=1S/C10H14N2O/c1-7-9(13-8-3-4-8)5-6-12-10(7)11-2/h5-6,8H,3-4H2,1-2H3,(H,11,12). The highest BCUT2D eigenvalue weighted by Crippen LogP contribution is 2.30. The van der Waals surface area contributed by atoms with E-state index >= 15 is 0 Å². The molecule has 2 rings (SSSR count). The third kappa shape index (κ3) is 1.74. The number of pyridine rings is 1. The molecule has 0 aromatic carbocycles. The van der Waals surface area contributed by atoms with Gasteiger partial charge in [0.15, 0.2) is 0 Å². The Balaban J connectivity index is 2.22. The van der Waals surface area contributed by atoms with Crippen molar-refractivity contribution in [1.29, 1.82) is 0 Å². The highest BCUT2D eigenvalue weighted by atomic mass is 16.5. The van der Waals surface area contributed by atoms with E-state index in [9.17, 15) is 0 Å². The maximum Gasteiger partial charge on any atom is 0.132 e. The Kier molecular flexibility index (Phi) is 2.08. The molecule has 3 heteroatoms. The quantitative estimate of drug-likeness (QED) is 0.768. The van der Waals surface area contributed by atoms with E-state index in [0.29, 0.717) is 6.10 Å². The molecule has 0 spiro atoms. The minimum absolute atomic E-state index is 0.450. The normalized spacial score (nSPS) is 15.5. The molecule has 3 nitrogen and oxygen atoms in total. The summed E-state index contributed by atoms with van der Waals surface area (Å²) in [6, 6.07) is 1.93. The van der Waals surface area contributed by atoms with Crippen LogP contribution < -0.4 is 10.1 Å². The van der Waals surface area contributed by atoms with E-state index in [0.717, 1.165) is 17.1 Å². The van der Waals surface area contributed by atoms with Gasteiger partial charge < -0.3 is 10.1 Å². The summed E-state index contributed by atoms with van der Waals surface area (Å²) in [5.41, 5.74) is 1.09. The zero-order valence-corrected chi connectivity index (χ0v) is 8.00. The lowest BCUT2D eigenvalue weighted by Gasteiger charge is -2.10. The maximum absolute atomic E-state index is 5.72. The van der Waals surface area contributed by atoms with Gasteiger partial charge >= 0.3 is 0 Å². The fraction of sp³-hybridized carbons (Fsp3) is 0.500. The molecule has 0 unspecified atom stereocenters. The van der Waals surface area contributed by atoms with Gasteiger partial charge in [0.25, 0.3) is 0 Å². The summed E-state index contributed by atoms with van der Waals surface area (Å²) in [6.07, 6.45) is 4.61. The fourth-order valence-electron chi connectivity index (χ4n) is 1.26. The van der Waals surface area contributed by atoms with Crippen LogP contribution in [-0.4, -0.2) is 18.1 Å². The van der Waals surface area contributed by atoms with Gasteiger partial charge in [-0.25, -0.2) is 4.98 Å². The highest BCUT2D eigenvalue weighted by Gasteiger charge is 2.24. The van der Waals surface area contributed by atoms with Crippen LogP contribution in [-0.2, 0) is 0 Å². The molecule has 70 valence electrons. The number of rotatable bonds is 3. The van der Waals surface area contributed by atoms with Crippen molar-refractivity contribution in [3.05, 3.63) is 17.8 Å². The van der Waals surface area contributed by atoms with Gasteiger partial charge in [-0.3, -0.25) is 0 Å². The highest BCUT2D eigenvalue weighted by molar-refractivity contribution is 5.50. The van der Waals surface area contributed by atoms with Crippen LogP contribution in [0.25, 0.3) is 0 Å². The van der Waals surface area contributed by atoms with Crippen molar-refractivity contribution < 1.29 is 4.74 Å². The molecule has 1 aliphatic rings. The second-order valence-electron chi connectivity index (χ2n) is 3.35. The van der Waals surface area contributed by atoms with Gasteiger partial charge in [-0.1, -0.05) is 0 Å². The second kappa shape index (κ2) is 3.24. The minimum atomic E-state index is 0.450. The Morgan fingerprint density at radius 3 is 2.92 bits per heavy atom. The summed E-state index contributed by atoms with van der Waals surface area (Å²) in [4.78, 5) is 4.19. The number of nitrogens with one attached hydrogen (secondary N) is 1. The minimum Gasteiger partial charge on any atom is -0.490 e. The lowest BCUT2D eigenvalue weighted by molar-refractivity contribution is 0.301. The molecule has 1 aromatic heterocycles. The van der Waals surface area contributed by atoms with E-state index in [2.05, 4.69) is 10.3 Å². The van der Waals surface area contributed by atoms with Crippen molar-refractivity contribution in [2.24, 2.45) is 0 Å². The first kappa shape index (κ1) is 8.35. The number of ether oxygens (including phenoxy) is 1. The van der Waals surface area contributed by atoms with Gasteiger partial charge in [-0.2, -0.15) is 0 Å². The topological polar surface area (TPSA) is 34.2 Å². The van der Waals surface area contributed by atoms with Crippen LogP contribution in [0.3, 0.4) is 0 Å². The van der Waals surface area contributed by atoms with E-state index in [1.165, 1.54) is 12.8 Å². The molecule has 13 heavy (non-hydrogen) atoms. The van der Waals surface area contributed by atoms with Crippen molar-refractivity contribution in [1.82, 2.24) is 4.98 Å². The zero-order chi connectivity index (χ0) is 9.26. The monoisotopic (exact) mass is 178 g/mol. The van der Waals surface area contributed by atoms with Gasteiger partial charge in [0, 0.05) is 18.8 Å². The first-order valence-corrected chi connectivity index (χ1v) is 4.61. The third-order valence-corrected chi connectivity index (χ3v) is 2.21. The van der Waals surface area contributed by atoms with Crippen LogP contribution in [0.15, 0.2) is 12.3 Å². The average molecular weight is 178 g/mol. The van der Waals surface area contributed by atoms with Gasteiger partial charge in [0.05, 0.1) is 6.10 Å². The molecule has 1 N–H and O–H groups in total. The number of hydrogen-bond acceptors (Lipinski definition) is 3. The van der Waals surface area contributed by atoms with Gasteiger partial charge in [-0.05, 0) is 25.8 Å². The molecule has 0 radical (unpaired) electrons. The molecule has 0 bridgehead atoms. The molecular weight excluding hydrogens is 164 g/mol. The molecule has 0 saturated heterocycles. The summed E-state index contributed by atoms with van der Waals surface area (Å²) in [5.74, 6) is 1.86. The molecule has 0 amide bonds. The van der Waals surface area contributed by atoms with E-state index in [-0.39, 0.29) is 0 Å². The van der Waals surface area contributed by atoms with E-state index < -0.39 is 0 Å². The lowest BCUT2D eigenvalue weighted by Crippen LogP contribution is -2.01. The molecule has 1 heterocycles. The average Bonchev–Trinajstić information content (AvgIpc) is 2.92. The first-order chi connectivity index (χ1) is 6.31. The first-order valence-electron chi connectivity index (χ1n) is 4.61. The van der Waals surface area contributed by atoms with Crippen LogP contribution in [0.4, 0.5) is 5.82 Å². The summed E-state index contributed by atoms with van der Waals surface area (Å²) in [7, 11) is 1.87. The van der Waals surface area contributed by atoms with E-state index in [4.69, 9.17) is 4.74 Å². The number of nitrogens with zero attached hydrogens (tertiary/aromatic N) is 1. The Bertz CT molecular complexity index is 308. The Morgan fingerprint density at radius 2 is 2.31 bits per heavy atom. The summed E-state index contributed by atoms with van der Waals surface area (Å²) >= 11 is 0. The predicted molar refractivity (Wildman–Crippen MR) is 52.2 cm³/mol. The summed E-state index contributed by atoms with van der Waals surface area (Å²) < 4.78 is 5.72. The number of anilines is 1. The van der Waals surface area contributed by atoms with Crippen molar-refractivity contribution in [2.45, 2.75) is 25.9 Å². The van der Waals surface area contributed by atoms with E-state index in [1.54, 1.807) is 6.20 Å². The van der Waals surface area contributed by atoms with E-state index in [1.807, 2.05) is 20.0 Å². The van der Waals surface area contributed by atoms with Crippen LogP contribution in [0, 0.1) is 6.92 Å². The third-order valence-electron chi connectivity index (χ3n) is 2.21. The zero-order valence-electron chi connectivity index (χ0n) is 8.00. The lowest BCUT2D eigenvalue weighted by atomic mass is 10.2. The van der Waals surface area contributed by atoms with Crippen LogP contribution in [0.1, 0.15) is 18.4 Å². The predicted octanol–water partition coefficient (Wildman–Crippen LogP) is 1.97. The van der Waals surface area contributed by atoms with Crippen molar-refractivity contribution in [3.63, 3.8) is 0 Å². The second-order valence-corrected chi connectivity index (χ2v) is 3.35. The van der Waals surface area contributed by atoms with Gasteiger partial charge in [0.1, 0.15) is 11.6 Å². The Hall–Kier alpha value is -1.25. The van der Waals surface area contributed by atoms with Crippen LogP contribution in [0.2, 0.25) is 0 Å². The maximum atomic E-state index is 5.72. The molecule has 1 saturated carbocycles. The molecule has 0 atom stereocenters. The van der Waals surface area contributed by atoms with Crippen molar-refractivity contribution in [3.8, 4) is 5.75 Å². The molecule has 1 aromatic rings. The Morgan fingerprint density at radius 1 is 1.54 bits per heavy atom. The summed E-state index contributed by atoms with van der Waals surface area (Å²) in [6.45, 7) is 2.02. The molecule has 1 fully saturated rings. The van der Waals surface area contributed by atoms with Crippen molar-refractivity contribution >= 4 is 5.82 Å². The largest absolute Gasteiger partial charge is 0.490 e. The van der Waals surface area contributed by atoms with Crippen LogP contribution in [0.5, 0.6) is 5.75 Å². The summed E-state index contributed by atoms with van der Waals surface area (Å²) in [5, 5.41) is 3.04. The fourth-order valence-corrected chi connectivity index (χ4v) is 1.26. The Labute approximate surface area is 78.1 Å². The van der Waals surface area contributed by atoms with Crippen molar-refractivity contribution in [2.75, 3.05) is 12.4 Å². The molecule has 0 aliphatic heterocycles.